The van der Waals surface area contributed by atoms with Crippen molar-refractivity contribution in [1.29, 1.82) is 0 Å². The van der Waals surface area contributed by atoms with Crippen molar-refractivity contribution in [2.24, 2.45) is 21.5 Å². The van der Waals surface area contributed by atoms with Crippen molar-refractivity contribution < 1.29 is 19.5 Å². The van der Waals surface area contributed by atoms with E-state index in [4.69, 9.17) is 11.5 Å². The summed E-state index contributed by atoms with van der Waals surface area (Å²) in [6.45, 7) is 0.180. The molecule has 134 valence electrons. The largest absolute Gasteiger partial charge is 0.480 e. The van der Waals surface area contributed by atoms with Gasteiger partial charge in [0.25, 0.3) is 0 Å². The first kappa shape index (κ1) is 19.7. The van der Waals surface area contributed by atoms with Crippen LogP contribution in [0.5, 0.6) is 0 Å². The summed E-state index contributed by atoms with van der Waals surface area (Å²) in [6.07, 6.45) is 4.58. The van der Waals surface area contributed by atoms with E-state index < -0.39 is 29.9 Å². The minimum absolute atomic E-state index is 0.173. The van der Waals surface area contributed by atoms with Crippen LogP contribution in [-0.2, 0) is 14.4 Å². The van der Waals surface area contributed by atoms with E-state index in [-0.39, 0.29) is 25.4 Å². The van der Waals surface area contributed by atoms with Crippen LogP contribution in [-0.4, -0.2) is 66.7 Å². The summed E-state index contributed by atoms with van der Waals surface area (Å²) in [5.74, 6) is -2.23. The lowest BCUT2D eigenvalue weighted by Crippen LogP contribution is -2.53. The highest BCUT2D eigenvalue weighted by molar-refractivity contribution is 5.91. The van der Waals surface area contributed by atoms with Gasteiger partial charge in [-0.3, -0.25) is 14.6 Å². The Kier molecular flexibility index (Phi) is 8.58. The van der Waals surface area contributed by atoms with Crippen molar-refractivity contribution in [2.75, 3.05) is 13.1 Å². The molecule has 2 amide bonds. The van der Waals surface area contributed by atoms with E-state index in [2.05, 4.69) is 20.6 Å². The quantitative estimate of drug-likeness (QED) is 0.272. The highest BCUT2D eigenvalue weighted by Gasteiger charge is 2.28. The van der Waals surface area contributed by atoms with Gasteiger partial charge >= 0.3 is 5.97 Å². The summed E-state index contributed by atoms with van der Waals surface area (Å²) in [5.41, 5.74) is 10.6. The molecule has 0 saturated heterocycles. The molecule has 10 nitrogen and oxygen atoms in total. The lowest BCUT2D eigenvalue weighted by molar-refractivity contribution is -0.142. The van der Waals surface area contributed by atoms with Crippen LogP contribution in [0.25, 0.3) is 0 Å². The number of nitrogens with zero attached hydrogens (tertiary/aromatic N) is 2. The Morgan fingerprint density at radius 1 is 1.17 bits per heavy atom. The molecule has 24 heavy (non-hydrogen) atoms. The van der Waals surface area contributed by atoms with Gasteiger partial charge in [0, 0.05) is 12.6 Å². The number of aliphatic imine (C=N–C) groups is 2. The smallest absolute Gasteiger partial charge is 0.326 e. The molecule has 0 aromatic rings. The van der Waals surface area contributed by atoms with Gasteiger partial charge in [0.15, 0.2) is 0 Å². The number of aliphatic carboxylic acids is 1. The second-order valence-corrected chi connectivity index (χ2v) is 5.37. The van der Waals surface area contributed by atoms with E-state index in [1.165, 1.54) is 6.34 Å². The number of nitrogens with one attached hydrogen (secondary N) is 2. The van der Waals surface area contributed by atoms with Crippen LogP contribution in [0.3, 0.4) is 0 Å². The van der Waals surface area contributed by atoms with Gasteiger partial charge in [-0.25, -0.2) is 9.79 Å². The molecular formula is C14H24N6O4. The maximum Gasteiger partial charge on any atom is 0.326 e. The van der Waals surface area contributed by atoms with E-state index in [1.807, 2.05) is 0 Å². The fraction of sp³-hybridized carbons (Fsp3) is 0.643. The molecule has 3 atom stereocenters. The SMILES string of the molecule is NCCCC[C@H](NC(=O)[C@H](C[C@@H]1C=NC=N1)NC(=O)CN)C(=O)O. The molecule has 1 aliphatic heterocycles. The zero-order valence-electron chi connectivity index (χ0n) is 13.4. The fourth-order valence-electron chi connectivity index (χ4n) is 2.17. The Morgan fingerprint density at radius 3 is 2.46 bits per heavy atom. The third-order valence-electron chi connectivity index (χ3n) is 3.46. The summed E-state index contributed by atoms with van der Waals surface area (Å²) in [4.78, 5) is 43.0. The molecule has 1 heterocycles. The highest BCUT2D eigenvalue weighted by Crippen LogP contribution is 2.07. The molecule has 0 radical (unpaired) electrons. The van der Waals surface area contributed by atoms with Gasteiger partial charge in [-0.2, -0.15) is 0 Å². The average Bonchev–Trinajstić information content (AvgIpc) is 3.06. The van der Waals surface area contributed by atoms with E-state index in [9.17, 15) is 19.5 Å². The fourth-order valence-corrected chi connectivity index (χ4v) is 2.17. The van der Waals surface area contributed by atoms with Gasteiger partial charge in [0.05, 0.1) is 12.6 Å². The molecule has 0 aliphatic carbocycles. The van der Waals surface area contributed by atoms with Crippen molar-refractivity contribution in [3.05, 3.63) is 0 Å². The number of carbonyl (C=O) groups excluding carboxylic acids is 2. The Morgan fingerprint density at radius 2 is 1.92 bits per heavy atom. The molecule has 7 N–H and O–H groups in total. The van der Waals surface area contributed by atoms with Gasteiger partial charge in [0.1, 0.15) is 18.4 Å². The lowest BCUT2D eigenvalue weighted by Gasteiger charge is -2.22. The number of carboxylic acid groups (broad SMARTS) is 1. The van der Waals surface area contributed by atoms with Crippen LogP contribution in [0, 0.1) is 0 Å². The third kappa shape index (κ3) is 6.84. The summed E-state index contributed by atoms with van der Waals surface area (Å²) < 4.78 is 0. The monoisotopic (exact) mass is 340 g/mol. The van der Waals surface area contributed by atoms with Crippen molar-refractivity contribution >= 4 is 30.3 Å². The number of carboxylic acids is 1. The zero-order chi connectivity index (χ0) is 17.9. The maximum absolute atomic E-state index is 12.4. The first-order valence-electron chi connectivity index (χ1n) is 7.75. The topological polar surface area (TPSA) is 172 Å². The predicted molar refractivity (Wildman–Crippen MR) is 88.8 cm³/mol. The van der Waals surface area contributed by atoms with Crippen LogP contribution >= 0.6 is 0 Å². The van der Waals surface area contributed by atoms with Crippen LogP contribution in [0.4, 0.5) is 0 Å². The van der Waals surface area contributed by atoms with Gasteiger partial charge < -0.3 is 27.2 Å². The van der Waals surface area contributed by atoms with E-state index in [0.29, 0.717) is 19.4 Å². The van der Waals surface area contributed by atoms with Gasteiger partial charge in [-0.15, -0.1) is 0 Å². The average molecular weight is 340 g/mol. The van der Waals surface area contributed by atoms with Crippen molar-refractivity contribution in [1.82, 2.24) is 10.6 Å². The highest BCUT2D eigenvalue weighted by atomic mass is 16.4. The van der Waals surface area contributed by atoms with E-state index in [1.54, 1.807) is 6.21 Å². The zero-order valence-corrected chi connectivity index (χ0v) is 13.4. The molecule has 0 fully saturated rings. The Hall–Kier alpha value is -2.33. The summed E-state index contributed by atoms with van der Waals surface area (Å²) in [5, 5.41) is 14.1. The van der Waals surface area contributed by atoms with E-state index in [0.717, 1.165) is 0 Å². The number of unbranched alkanes of at least 4 members (excludes halogenated alkanes) is 1. The van der Waals surface area contributed by atoms with Gasteiger partial charge in [0.2, 0.25) is 11.8 Å². The number of amides is 2. The number of hydrogen-bond acceptors (Lipinski definition) is 7. The van der Waals surface area contributed by atoms with Crippen LogP contribution < -0.4 is 22.1 Å². The molecule has 1 aliphatic rings. The van der Waals surface area contributed by atoms with Crippen LogP contribution in [0.1, 0.15) is 25.7 Å². The van der Waals surface area contributed by atoms with Crippen LogP contribution in [0.15, 0.2) is 9.98 Å². The summed E-state index contributed by atoms with van der Waals surface area (Å²) in [6, 6.07) is -2.33. The Bertz CT molecular complexity index is 495. The molecule has 10 heteroatoms. The number of nitrogens with two attached hydrogens (primary N) is 2. The molecular weight excluding hydrogens is 316 g/mol. The van der Waals surface area contributed by atoms with Crippen molar-refractivity contribution in [3.63, 3.8) is 0 Å². The second-order valence-electron chi connectivity index (χ2n) is 5.37. The number of carbonyl (C=O) groups is 3. The minimum Gasteiger partial charge on any atom is -0.480 e. The first-order valence-corrected chi connectivity index (χ1v) is 7.75. The molecule has 0 unspecified atom stereocenters. The normalized spacial score (nSPS) is 18.2. The maximum atomic E-state index is 12.4. The second kappa shape index (κ2) is 10.4. The minimum atomic E-state index is -1.13. The van der Waals surface area contributed by atoms with Crippen molar-refractivity contribution in [2.45, 2.75) is 43.8 Å². The third-order valence-corrected chi connectivity index (χ3v) is 3.46. The molecule has 0 aromatic carbocycles. The molecule has 1 rings (SSSR count). The van der Waals surface area contributed by atoms with Gasteiger partial charge in [-0.1, -0.05) is 0 Å². The number of rotatable bonds is 11. The first-order chi connectivity index (χ1) is 11.5. The molecule has 0 saturated carbocycles. The molecule has 0 aromatic heterocycles. The standard InChI is InChI=1S/C14H24N6O4/c15-4-2-1-3-10(14(23)24)20-13(22)11(19-12(21)6-16)5-9-7-17-8-18-9/h7-11H,1-6,15-16H2,(H,19,21)(H,20,22)(H,23,24)/t9-,10+,11+/m1/s1. The summed E-state index contributed by atoms with van der Waals surface area (Å²) >= 11 is 0. The molecule has 0 bridgehead atoms. The van der Waals surface area contributed by atoms with Crippen LogP contribution in [0.2, 0.25) is 0 Å². The van der Waals surface area contributed by atoms with Gasteiger partial charge in [-0.05, 0) is 25.8 Å². The molecule has 0 spiro atoms. The Balaban J connectivity index is 2.68. The summed E-state index contributed by atoms with van der Waals surface area (Å²) in [7, 11) is 0. The predicted octanol–water partition coefficient (Wildman–Crippen LogP) is -2.00. The van der Waals surface area contributed by atoms with Crippen molar-refractivity contribution in [3.8, 4) is 0 Å². The lowest BCUT2D eigenvalue weighted by atomic mass is 10.1. The number of hydrogen-bond donors (Lipinski definition) is 5. The Labute approximate surface area is 139 Å². The van der Waals surface area contributed by atoms with E-state index >= 15 is 0 Å².